The first kappa shape index (κ1) is 19.4. The van der Waals surface area contributed by atoms with Gasteiger partial charge in [0.1, 0.15) is 6.54 Å². The maximum atomic E-state index is 12.3. The molecular formula is C18H17N3O6S. The fraction of sp³-hybridized carbons (Fsp3) is 0.167. The van der Waals surface area contributed by atoms with Gasteiger partial charge >= 0.3 is 5.97 Å². The normalized spacial score (nSPS) is 13.3. The van der Waals surface area contributed by atoms with Crippen molar-refractivity contribution in [1.29, 1.82) is 0 Å². The van der Waals surface area contributed by atoms with E-state index in [1.165, 1.54) is 24.3 Å². The molecule has 9 nitrogen and oxygen atoms in total. The Morgan fingerprint density at radius 1 is 1.11 bits per heavy atom. The summed E-state index contributed by atoms with van der Waals surface area (Å²) >= 11 is 0. The number of sulfonamides is 1. The van der Waals surface area contributed by atoms with Crippen LogP contribution in [0.5, 0.6) is 5.75 Å². The topological polar surface area (TPSA) is 122 Å². The van der Waals surface area contributed by atoms with Crippen molar-refractivity contribution in [3.8, 4) is 5.75 Å². The van der Waals surface area contributed by atoms with Gasteiger partial charge in [0.2, 0.25) is 11.8 Å². The lowest BCUT2D eigenvalue weighted by molar-refractivity contribution is -0.133. The minimum Gasteiger partial charge on any atom is -0.423 e. The SMILES string of the molecule is CC(=O)NS(=O)(=O)c1ccc(NC(=O)CN2CC(=O)Oc3ccccc32)cc1. The highest BCUT2D eigenvalue weighted by molar-refractivity contribution is 7.90. The summed E-state index contributed by atoms with van der Waals surface area (Å²) in [4.78, 5) is 36.5. The lowest BCUT2D eigenvalue weighted by Crippen LogP contribution is -2.41. The molecule has 28 heavy (non-hydrogen) atoms. The van der Waals surface area contributed by atoms with Gasteiger partial charge in [-0.15, -0.1) is 0 Å². The number of ether oxygens (including phenoxy) is 1. The molecule has 2 amide bonds. The molecule has 0 bridgehead atoms. The smallest absolute Gasteiger partial charge is 0.331 e. The van der Waals surface area contributed by atoms with Crippen LogP contribution in [0, 0.1) is 0 Å². The Morgan fingerprint density at radius 2 is 1.79 bits per heavy atom. The van der Waals surface area contributed by atoms with Gasteiger partial charge in [-0.05, 0) is 36.4 Å². The first-order chi connectivity index (χ1) is 13.2. The zero-order valence-electron chi connectivity index (χ0n) is 14.8. The number of benzene rings is 2. The summed E-state index contributed by atoms with van der Waals surface area (Å²) in [6.45, 7) is 0.955. The highest BCUT2D eigenvalue weighted by Gasteiger charge is 2.25. The number of amides is 2. The molecule has 2 aromatic carbocycles. The van der Waals surface area contributed by atoms with Crippen molar-refractivity contribution in [3.05, 3.63) is 48.5 Å². The van der Waals surface area contributed by atoms with Gasteiger partial charge in [0.25, 0.3) is 10.0 Å². The average molecular weight is 403 g/mol. The molecule has 0 atom stereocenters. The number of rotatable bonds is 5. The van der Waals surface area contributed by atoms with Crippen LogP contribution >= 0.6 is 0 Å². The third-order valence-electron chi connectivity index (χ3n) is 3.81. The van der Waals surface area contributed by atoms with Crippen molar-refractivity contribution in [1.82, 2.24) is 4.72 Å². The summed E-state index contributed by atoms with van der Waals surface area (Å²) in [5.41, 5.74) is 1.01. The standard InChI is InChI=1S/C18H17N3O6S/c1-12(22)20-28(25,26)14-8-6-13(7-9-14)19-17(23)10-21-11-18(24)27-16-5-3-2-4-15(16)21/h2-9H,10-11H2,1H3,(H,19,23)(H,20,22). The third kappa shape index (κ3) is 4.46. The maximum absolute atomic E-state index is 12.3. The number of carbonyl (C=O) groups excluding carboxylic acids is 3. The minimum absolute atomic E-state index is 0.0572. The highest BCUT2D eigenvalue weighted by atomic mass is 32.2. The second kappa shape index (κ2) is 7.69. The number of nitrogens with zero attached hydrogens (tertiary/aromatic N) is 1. The molecule has 0 aromatic heterocycles. The van der Waals surface area contributed by atoms with E-state index in [0.29, 0.717) is 17.1 Å². The first-order valence-corrected chi connectivity index (χ1v) is 9.71. The summed E-state index contributed by atoms with van der Waals surface area (Å²) in [7, 11) is -3.94. The van der Waals surface area contributed by atoms with Crippen LogP contribution in [0.4, 0.5) is 11.4 Å². The lowest BCUT2D eigenvalue weighted by atomic mass is 10.2. The minimum atomic E-state index is -3.94. The molecule has 3 rings (SSSR count). The fourth-order valence-electron chi connectivity index (χ4n) is 2.68. The lowest BCUT2D eigenvalue weighted by Gasteiger charge is -2.29. The van der Waals surface area contributed by atoms with Crippen LogP contribution in [-0.4, -0.2) is 39.3 Å². The van der Waals surface area contributed by atoms with Crippen LogP contribution in [0.3, 0.4) is 0 Å². The van der Waals surface area contributed by atoms with E-state index in [4.69, 9.17) is 4.74 Å². The quantitative estimate of drug-likeness (QED) is 0.561. The second-order valence-electron chi connectivity index (χ2n) is 6.03. The Balaban J connectivity index is 1.67. The molecule has 0 saturated heterocycles. The Morgan fingerprint density at radius 3 is 2.46 bits per heavy atom. The zero-order valence-corrected chi connectivity index (χ0v) is 15.7. The Kier molecular flexibility index (Phi) is 5.32. The van der Waals surface area contributed by atoms with Gasteiger partial charge in [-0.1, -0.05) is 12.1 Å². The maximum Gasteiger partial charge on any atom is 0.331 e. The molecule has 0 saturated carbocycles. The van der Waals surface area contributed by atoms with E-state index in [1.54, 1.807) is 29.2 Å². The van der Waals surface area contributed by atoms with Crippen molar-refractivity contribution in [3.63, 3.8) is 0 Å². The predicted octanol–water partition coefficient (Wildman–Crippen LogP) is 0.875. The van der Waals surface area contributed by atoms with Crippen LogP contribution < -0.4 is 19.7 Å². The van der Waals surface area contributed by atoms with E-state index in [1.807, 2.05) is 4.72 Å². The average Bonchev–Trinajstić information content (AvgIpc) is 2.61. The van der Waals surface area contributed by atoms with Crippen molar-refractivity contribution < 1.29 is 27.5 Å². The molecule has 0 unspecified atom stereocenters. The highest BCUT2D eigenvalue weighted by Crippen LogP contribution is 2.31. The monoisotopic (exact) mass is 403 g/mol. The number of hydrogen-bond acceptors (Lipinski definition) is 7. The Labute approximate surface area is 161 Å². The van der Waals surface area contributed by atoms with E-state index in [9.17, 15) is 22.8 Å². The summed E-state index contributed by atoms with van der Waals surface area (Å²) in [5, 5.41) is 2.64. The van der Waals surface area contributed by atoms with Gasteiger partial charge < -0.3 is 15.0 Å². The fourth-order valence-corrected chi connectivity index (χ4v) is 3.67. The van der Waals surface area contributed by atoms with Crippen molar-refractivity contribution in [2.45, 2.75) is 11.8 Å². The molecule has 2 aromatic rings. The molecule has 1 heterocycles. The van der Waals surface area contributed by atoms with Gasteiger partial charge in [-0.3, -0.25) is 9.59 Å². The number of anilines is 2. The first-order valence-electron chi connectivity index (χ1n) is 8.22. The van der Waals surface area contributed by atoms with E-state index in [0.717, 1.165) is 6.92 Å². The molecule has 10 heteroatoms. The van der Waals surface area contributed by atoms with Crippen molar-refractivity contribution in [2.24, 2.45) is 0 Å². The summed E-state index contributed by atoms with van der Waals surface area (Å²) in [5.74, 6) is -1.15. The van der Waals surface area contributed by atoms with E-state index in [2.05, 4.69) is 5.32 Å². The van der Waals surface area contributed by atoms with Crippen molar-refractivity contribution in [2.75, 3.05) is 23.3 Å². The summed E-state index contributed by atoms with van der Waals surface area (Å²) < 4.78 is 30.8. The van der Waals surface area contributed by atoms with Gasteiger partial charge in [0.15, 0.2) is 5.75 Å². The van der Waals surface area contributed by atoms with Crippen molar-refractivity contribution >= 4 is 39.2 Å². The molecule has 1 aliphatic rings. The third-order valence-corrected chi connectivity index (χ3v) is 5.26. The second-order valence-corrected chi connectivity index (χ2v) is 7.71. The van der Waals surface area contributed by atoms with E-state index in [-0.39, 0.29) is 23.9 Å². The molecule has 146 valence electrons. The van der Waals surface area contributed by atoms with Crippen LogP contribution in [0.25, 0.3) is 0 Å². The molecule has 0 aliphatic carbocycles. The van der Waals surface area contributed by atoms with Gasteiger partial charge in [-0.25, -0.2) is 17.9 Å². The van der Waals surface area contributed by atoms with Gasteiger partial charge in [-0.2, -0.15) is 0 Å². The number of fused-ring (bicyclic) bond motifs is 1. The Hall–Kier alpha value is -3.40. The summed E-state index contributed by atoms with van der Waals surface area (Å²) in [6, 6.07) is 12.3. The Bertz CT molecular complexity index is 1030. The zero-order chi connectivity index (χ0) is 20.3. The largest absolute Gasteiger partial charge is 0.423 e. The predicted molar refractivity (Wildman–Crippen MR) is 100 cm³/mol. The number of hydrogen-bond donors (Lipinski definition) is 2. The van der Waals surface area contributed by atoms with Crippen LogP contribution in [0.2, 0.25) is 0 Å². The number of carbonyl (C=O) groups is 3. The molecule has 0 spiro atoms. The number of para-hydroxylation sites is 2. The molecule has 0 radical (unpaired) electrons. The molecule has 2 N–H and O–H groups in total. The van der Waals surface area contributed by atoms with Crippen LogP contribution in [0.15, 0.2) is 53.4 Å². The van der Waals surface area contributed by atoms with Crippen LogP contribution in [-0.2, 0) is 24.4 Å². The van der Waals surface area contributed by atoms with E-state index >= 15 is 0 Å². The summed E-state index contributed by atoms with van der Waals surface area (Å²) in [6.07, 6.45) is 0. The van der Waals surface area contributed by atoms with Crippen LogP contribution in [0.1, 0.15) is 6.92 Å². The van der Waals surface area contributed by atoms with E-state index < -0.39 is 21.9 Å². The molecule has 0 fully saturated rings. The van der Waals surface area contributed by atoms with Gasteiger partial charge in [0, 0.05) is 12.6 Å². The number of nitrogens with one attached hydrogen (secondary N) is 2. The molecule has 1 aliphatic heterocycles. The van der Waals surface area contributed by atoms with Gasteiger partial charge in [0.05, 0.1) is 17.1 Å². The number of esters is 1. The molecular weight excluding hydrogens is 386 g/mol.